The Labute approximate surface area is 120 Å². The van der Waals surface area contributed by atoms with Crippen LogP contribution >= 0.6 is 0 Å². The van der Waals surface area contributed by atoms with E-state index in [1.165, 1.54) is 6.07 Å². The van der Waals surface area contributed by atoms with Gasteiger partial charge >= 0.3 is 12.1 Å². The minimum Gasteiger partial charge on any atom is -0.478 e. The smallest absolute Gasteiger partial charge is 0.417 e. The lowest BCUT2D eigenvalue weighted by molar-refractivity contribution is -0.137. The largest absolute Gasteiger partial charge is 0.478 e. The molecule has 1 aromatic carbocycles. The van der Waals surface area contributed by atoms with Crippen LogP contribution in [0.2, 0.25) is 0 Å². The number of aliphatic carboxylic acids is 1. The Morgan fingerprint density at radius 3 is 2.57 bits per heavy atom. The number of anilines is 1. The van der Waals surface area contributed by atoms with Crippen LogP contribution in [0.3, 0.4) is 0 Å². The molecule has 0 atom stereocenters. The lowest BCUT2D eigenvalue weighted by Crippen LogP contribution is -2.25. The molecule has 0 spiro atoms. The number of halogens is 3. The summed E-state index contributed by atoms with van der Waals surface area (Å²) in [5.74, 6) is -1.28. The maximum Gasteiger partial charge on any atom is 0.417 e. The van der Waals surface area contributed by atoms with E-state index in [2.05, 4.69) is 0 Å². The van der Waals surface area contributed by atoms with Gasteiger partial charge in [-0.15, -0.1) is 0 Å². The van der Waals surface area contributed by atoms with Crippen LogP contribution in [0.5, 0.6) is 0 Å². The van der Waals surface area contributed by atoms with Crippen LogP contribution in [0.1, 0.15) is 30.9 Å². The third-order valence-corrected chi connectivity index (χ3v) is 3.41. The number of nitrogens with zero attached hydrogens (tertiary/aromatic N) is 1. The molecule has 0 bridgehead atoms. The van der Waals surface area contributed by atoms with Crippen molar-refractivity contribution in [2.75, 3.05) is 11.4 Å². The molecule has 21 heavy (non-hydrogen) atoms. The molecule has 1 N–H and O–H groups in total. The van der Waals surface area contributed by atoms with Gasteiger partial charge in [-0.1, -0.05) is 6.07 Å². The van der Waals surface area contributed by atoms with Crippen molar-refractivity contribution in [1.82, 2.24) is 0 Å². The molecule has 0 unspecified atom stereocenters. The first-order valence-corrected chi connectivity index (χ1v) is 6.72. The predicted molar refractivity (Wildman–Crippen MR) is 74.2 cm³/mol. The molecule has 1 aliphatic rings. The van der Waals surface area contributed by atoms with E-state index in [9.17, 15) is 18.0 Å². The Morgan fingerprint density at radius 2 is 2.10 bits per heavy atom. The van der Waals surface area contributed by atoms with E-state index in [-0.39, 0.29) is 5.56 Å². The monoisotopic (exact) mass is 299 g/mol. The van der Waals surface area contributed by atoms with Crippen molar-refractivity contribution in [2.45, 2.75) is 32.0 Å². The zero-order valence-electron chi connectivity index (χ0n) is 11.5. The summed E-state index contributed by atoms with van der Waals surface area (Å²) in [6.45, 7) is 2.55. The van der Waals surface area contributed by atoms with Crippen LogP contribution in [-0.4, -0.2) is 23.7 Å². The second kappa shape index (κ2) is 5.79. The normalized spacial score (nSPS) is 15.4. The molecule has 1 aromatic rings. The van der Waals surface area contributed by atoms with Gasteiger partial charge in [-0.2, -0.15) is 13.2 Å². The molecule has 2 rings (SSSR count). The van der Waals surface area contributed by atoms with Crippen LogP contribution in [0, 0.1) is 0 Å². The Bertz CT molecular complexity index is 563. The van der Waals surface area contributed by atoms with Gasteiger partial charge in [0.05, 0.1) is 5.56 Å². The molecule has 0 saturated heterocycles. The Balaban J connectivity index is 2.41. The number of rotatable bonds is 5. The third-order valence-electron chi connectivity index (χ3n) is 3.41. The summed E-state index contributed by atoms with van der Waals surface area (Å²) < 4.78 is 39.4. The third kappa shape index (κ3) is 3.77. The molecule has 0 heterocycles. The maximum atomic E-state index is 13.1. The molecule has 1 fully saturated rings. The summed E-state index contributed by atoms with van der Waals surface area (Å²) in [4.78, 5) is 12.4. The molecule has 0 aliphatic heterocycles. The summed E-state index contributed by atoms with van der Waals surface area (Å²) in [5.41, 5.74) is -0.420. The van der Waals surface area contributed by atoms with Gasteiger partial charge in [0.15, 0.2) is 0 Å². The van der Waals surface area contributed by atoms with Gasteiger partial charge in [-0.25, -0.2) is 4.79 Å². The van der Waals surface area contributed by atoms with E-state index in [4.69, 9.17) is 5.11 Å². The molecule has 3 nitrogen and oxygen atoms in total. The second-order valence-electron chi connectivity index (χ2n) is 4.96. The Kier molecular flexibility index (Phi) is 4.25. The molecule has 114 valence electrons. The number of carboxylic acids is 1. The van der Waals surface area contributed by atoms with E-state index >= 15 is 0 Å². The second-order valence-corrected chi connectivity index (χ2v) is 4.96. The highest BCUT2D eigenvalue weighted by Crippen LogP contribution is 2.38. The quantitative estimate of drug-likeness (QED) is 0.841. The molecule has 0 amide bonds. The number of carboxylic acid groups (broad SMARTS) is 1. The van der Waals surface area contributed by atoms with Crippen molar-refractivity contribution < 1.29 is 23.1 Å². The van der Waals surface area contributed by atoms with Gasteiger partial charge in [0, 0.05) is 24.4 Å². The molecule has 0 aromatic heterocycles. The molecule has 1 aliphatic carbocycles. The van der Waals surface area contributed by atoms with Crippen molar-refractivity contribution in [3.63, 3.8) is 0 Å². The van der Waals surface area contributed by atoms with Crippen molar-refractivity contribution in [2.24, 2.45) is 0 Å². The summed E-state index contributed by atoms with van der Waals surface area (Å²) in [6.07, 6.45) is -0.839. The topological polar surface area (TPSA) is 40.5 Å². The first kappa shape index (κ1) is 15.4. The zero-order valence-corrected chi connectivity index (χ0v) is 11.5. The SMILES string of the molecule is CCN(c1ccc(/C=C/C(=O)O)c(C(F)(F)F)c1)C1CC1. The molecular formula is C15H16F3NO2. The fraction of sp³-hybridized carbons (Fsp3) is 0.400. The summed E-state index contributed by atoms with van der Waals surface area (Å²) in [5, 5.41) is 8.55. The molecule has 1 saturated carbocycles. The minimum absolute atomic E-state index is 0.138. The molecular weight excluding hydrogens is 283 g/mol. The van der Waals surface area contributed by atoms with E-state index < -0.39 is 17.7 Å². The lowest BCUT2D eigenvalue weighted by Gasteiger charge is -2.24. The molecule has 0 radical (unpaired) electrons. The summed E-state index contributed by atoms with van der Waals surface area (Å²) >= 11 is 0. The number of hydrogen-bond acceptors (Lipinski definition) is 2. The highest BCUT2D eigenvalue weighted by atomic mass is 19.4. The standard InChI is InChI=1S/C15H16F3NO2/c1-2-19(11-6-7-11)12-5-3-10(4-8-14(20)21)13(9-12)15(16,17)18/h3-5,8-9,11H,2,6-7H2,1H3,(H,20,21)/b8-4+. The summed E-state index contributed by atoms with van der Waals surface area (Å²) in [6, 6.07) is 4.35. The van der Waals surface area contributed by atoms with Crippen molar-refractivity contribution >= 4 is 17.7 Å². The van der Waals surface area contributed by atoms with E-state index in [1.807, 2.05) is 11.8 Å². The summed E-state index contributed by atoms with van der Waals surface area (Å²) in [7, 11) is 0. The molecule has 6 heteroatoms. The van der Waals surface area contributed by atoms with Gasteiger partial charge in [0.2, 0.25) is 0 Å². The average Bonchev–Trinajstić information content (AvgIpc) is 3.21. The van der Waals surface area contributed by atoms with Crippen LogP contribution in [0.25, 0.3) is 6.08 Å². The first-order valence-electron chi connectivity index (χ1n) is 6.72. The zero-order chi connectivity index (χ0) is 15.6. The van der Waals surface area contributed by atoms with E-state index in [1.54, 1.807) is 6.07 Å². The van der Waals surface area contributed by atoms with Gasteiger partial charge in [-0.05, 0) is 43.5 Å². The highest BCUT2D eigenvalue weighted by Gasteiger charge is 2.35. The number of benzene rings is 1. The Hall–Kier alpha value is -1.98. The first-order chi connectivity index (χ1) is 9.82. The minimum atomic E-state index is -4.52. The number of carbonyl (C=O) groups is 1. The highest BCUT2D eigenvalue weighted by molar-refractivity contribution is 5.85. The van der Waals surface area contributed by atoms with Crippen LogP contribution in [0.15, 0.2) is 24.3 Å². The van der Waals surface area contributed by atoms with Gasteiger partial charge < -0.3 is 10.0 Å². The van der Waals surface area contributed by atoms with Crippen LogP contribution < -0.4 is 4.90 Å². The van der Waals surface area contributed by atoms with E-state index in [0.717, 1.165) is 25.0 Å². The van der Waals surface area contributed by atoms with Crippen molar-refractivity contribution in [3.05, 3.63) is 35.4 Å². The number of alkyl halides is 3. The van der Waals surface area contributed by atoms with E-state index in [0.29, 0.717) is 24.4 Å². The van der Waals surface area contributed by atoms with Gasteiger partial charge in [-0.3, -0.25) is 0 Å². The number of hydrogen-bond donors (Lipinski definition) is 1. The fourth-order valence-electron chi connectivity index (χ4n) is 2.31. The predicted octanol–water partition coefficient (Wildman–Crippen LogP) is 3.79. The van der Waals surface area contributed by atoms with Gasteiger partial charge in [0.1, 0.15) is 0 Å². The Morgan fingerprint density at radius 1 is 1.43 bits per heavy atom. The van der Waals surface area contributed by atoms with Crippen LogP contribution in [-0.2, 0) is 11.0 Å². The maximum absolute atomic E-state index is 13.1. The van der Waals surface area contributed by atoms with Crippen molar-refractivity contribution in [3.8, 4) is 0 Å². The van der Waals surface area contributed by atoms with Crippen molar-refractivity contribution in [1.29, 1.82) is 0 Å². The fourth-order valence-corrected chi connectivity index (χ4v) is 2.31. The average molecular weight is 299 g/mol. The van der Waals surface area contributed by atoms with Crippen LogP contribution in [0.4, 0.5) is 18.9 Å². The lowest BCUT2D eigenvalue weighted by atomic mass is 10.0. The van der Waals surface area contributed by atoms with Gasteiger partial charge in [0.25, 0.3) is 0 Å².